The van der Waals surface area contributed by atoms with Gasteiger partial charge in [-0.2, -0.15) is 5.10 Å². The fourth-order valence-corrected chi connectivity index (χ4v) is 2.88. The largest absolute Gasteiger partial charge is 0.493 e. The van der Waals surface area contributed by atoms with E-state index < -0.39 is 0 Å². The maximum Gasteiger partial charge on any atom is 0.122 e. The molecule has 1 aromatic carbocycles. The summed E-state index contributed by atoms with van der Waals surface area (Å²) in [5.74, 6) is 1.05. The quantitative estimate of drug-likeness (QED) is 0.927. The second-order valence-electron chi connectivity index (χ2n) is 5.37. The van der Waals surface area contributed by atoms with Gasteiger partial charge in [0.15, 0.2) is 0 Å². The van der Waals surface area contributed by atoms with Crippen molar-refractivity contribution in [3.63, 3.8) is 0 Å². The number of hydrogen-bond donors (Lipinski definition) is 1. The predicted molar refractivity (Wildman–Crippen MR) is 78.9 cm³/mol. The minimum atomic E-state index is 0.563. The first-order valence-electron chi connectivity index (χ1n) is 7.16. The Morgan fingerprint density at radius 1 is 1.35 bits per heavy atom. The van der Waals surface area contributed by atoms with Crippen molar-refractivity contribution in [1.29, 1.82) is 0 Å². The van der Waals surface area contributed by atoms with E-state index in [1.165, 1.54) is 22.4 Å². The van der Waals surface area contributed by atoms with E-state index in [1.807, 2.05) is 6.92 Å². The topological polar surface area (TPSA) is 53.1 Å². The zero-order valence-electron chi connectivity index (χ0n) is 12.1. The average Bonchev–Trinajstić information content (AvgIpc) is 3.00. The highest BCUT2D eigenvalue weighted by molar-refractivity contribution is 5.39. The lowest BCUT2D eigenvalue weighted by molar-refractivity contribution is 0.357. The number of aromatic nitrogens is 2. The van der Waals surface area contributed by atoms with Crippen molar-refractivity contribution in [2.75, 3.05) is 6.61 Å². The first-order valence-corrected chi connectivity index (χ1v) is 7.16. The molecule has 1 aliphatic rings. The van der Waals surface area contributed by atoms with Crippen LogP contribution in [0.1, 0.15) is 28.1 Å². The molecule has 0 atom stereocenters. The highest BCUT2D eigenvalue weighted by atomic mass is 16.5. The van der Waals surface area contributed by atoms with Crippen LogP contribution in [0.4, 0.5) is 0 Å². The van der Waals surface area contributed by atoms with Gasteiger partial charge in [0.1, 0.15) is 5.75 Å². The van der Waals surface area contributed by atoms with Crippen molar-refractivity contribution >= 4 is 0 Å². The van der Waals surface area contributed by atoms with Gasteiger partial charge in [0, 0.05) is 30.8 Å². The van der Waals surface area contributed by atoms with E-state index in [1.54, 1.807) is 0 Å². The third-order valence-corrected chi connectivity index (χ3v) is 4.10. The predicted octanol–water partition coefficient (Wildman–Crippen LogP) is 2.14. The van der Waals surface area contributed by atoms with Crippen molar-refractivity contribution in [3.8, 4) is 5.75 Å². The van der Waals surface area contributed by atoms with Crippen LogP contribution in [0.5, 0.6) is 5.75 Å². The van der Waals surface area contributed by atoms with Crippen molar-refractivity contribution in [1.82, 2.24) is 9.78 Å². The first kappa shape index (κ1) is 13.2. The minimum absolute atomic E-state index is 0.563. The number of benzene rings is 1. The summed E-state index contributed by atoms with van der Waals surface area (Å²) in [5.41, 5.74) is 11.9. The summed E-state index contributed by atoms with van der Waals surface area (Å²) in [5, 5.41) is 4.58. The molecule has 1 aliphatic heterocycles. The highest BCUT2D eigenvalue weighted by Crippen LogP contribution is 2.26. The molecule has 20 heavy (non-hydrogen) atoms. The van der Waals surface area contributed by atoms with E-state index >= 15 is 0 Å². The van der Waals surface area contributed by atoms with Gasteiger partial charge in [-0.25, -0.2) is 0 Å². The van der Waals surface area contributed by atoms with Gasteiger partial charge in [0.25, 0.3) is 0 Å². The van der Waals surface area contributed by atoms with Gasteiger partial charge in [-0.15, -0.1) is 0 Å². The third kappa shape index (κ3) is 2.31. The summed E-state index contributed by atoms with van der Waals surface area (Å²) in [6, 6.07) is 6.50. The van der Waals surface area contributed by atoms with Gasteiger partial charge < -0.3 is 10.5 Å². The second-order valence-corrected chi connectivity index (χ2v) is 5.37. The van der Waals surface area contributed by atoms with Gasteiger partial charge in [-0.1, -0.05) is 12.1 Å². The van der Waals surface area contributed by atoms with E-state index in [4.69, 9.17) is 10.5 Å². The molecule has 3 rings (SSSR count). The zero-order chi connectivity index (χ0) is 14.1. The van der Waals surface area contributed by atoms with Crippen LogP contribution >= 0.6 is 0 Å². The van der Waals surface area contributed by atoms with Crippen LogP contribution in [0.2, 0.25) is 0 Å². The molecule has 0 unspecified atom stereocenters. The third-order valence-electron chi connectivity index (χ3n) is 4.10. The van der Waals surface area contributed by atoms with E-state index in [-0.39, 0.29) is 0 Å². The Morgan fingerprint density at radius 2 is 2.20 bits per heavy atom. The van der Waals surface area contributed by atoms with Crippen molar-refractivity contribution < 1.29 is 4.74 Å². The van der Waals surface area contributed by atoms with Crippen LogP contribution in [0.15, 0.2) is 18.2 Å². The number of fused-ring (bicyclic) bond motifs is 1. The summed E-state index contributed by atoms with van der Waals surface area (Å²) in [4.78, 5) is 0. The molecule has 0 amide bonds. The van der Waals surface area contributed by atoms with E-state index in [2.05, 4.69) is 34.9 Å². The van der Waals surface area contributed by atoms with Gasteiger partial charge in [0.2, 0.25) is 0 Å². The van der Waals surface area contributed by atoms with Crippen molar-refractivity contribution in [2.24, 2.45) is 5.73 Å². The van der Waals surface area contributed by atoms with Crippen LogP contribution < -0.4 is 10.5 Å². The molecule has 0 fully saturated rings. The van der Waals surface area contributed by atoms with Crippen LogP contribution in [0, 0.1) is 13.8 Å². The molecule has 2 aromatic rings. The van der Waals surface area contributed by atoms with Gasteiger partial charge in [-0.3, -0.25) is 4.68 Å². The molecule has 0 aliphatic carbocycles. The maximum absolute atomic E-state index is 5.77. The molecule has 0 bridgehead atoms. The molecule has 2 N–H and O–H groups in total. The van der Waals surface area contributed by atoms with Crippen LogP contribution in [-0.2, 0) is 25.9 Å². The summed E-state index contributed by atoms with van der Waals surface area (Å²) in [7, 11) is 0. The molecule has 0 saturated heterocycles. The Balaban J connectivity index is 1.73. The molecule has 0 spiro atoms. The molecular weight excluding hydrogens is 250 g/mol. The minimum Gasteiger partial charge on any atom is -0.493 e. The molecule has 0 saturated carbocycles. The normalized spacial score (nSPS) is 13.3. The van der Waals surface area contributed by atoms with Gasteiger partial charge in [0.05, 0.1) is 12.3 Å². The van der Waals surface area contributed by atoms with Gasteiger partial charge >= 0.3 is 0 Å². The monoisotopic (exact) mass is 271 g/mol. The Hall–Kier alpha value is -1.81. The number of nitrogens with two attached hydrogens (primary N) is 1. The highest BCUT2D eigenvalue weighted by Gasteiger charge is 2.13. The van der Waals surface area contributed by atoms with E-state index in [0.29, 0.717) is 6.54 Å². The number of rotatable bonds is 4. The summed E-state index contributed by atoms with van der Waals surface area (Å²) in [6.45, 7) is 6.40. The van der Waals surface area contributed by atoms with Crippen molar-refractivity contribution in [3.05, 3.63) is 46.3 Å². The Morgan fingerprint density at radius 3 is 2.95 bits per heavy atom. The van der Waals surface area contributed by atoms with Crippen molar-refractivity contribution in [2.45, 2.75) is 39.8 Å². The molecule has 106 valence electrons. The average molecular weight is 271 g/mol. The lowest BCUT2D eigenvalue weighted by atomic mass is 10.1. The van der Waals surface area contributed by atoms with Crippen LogP contribution in [0.3, 0.4) is 0 Å². The molecule has 4 heteroatoms. The van der Waals surface area contributed by atoms with E-state index in [0.717, 1.165) is 37.4 Å². The van der Waals surface area contributed by atoms with Crippen LogP contribution in [-0.4, -0.2) is 16.4 Å². The molecular formula is C16H21N3O. The standard InChI is InChI=1S/C16H21N3O/c1-11-15(10-17)12(2)19(18-11)7-5-13-3-4-16-14(9-13)6-8-20-16/h3-4,9H,5-8,10,17H2,1-2H3. The Labute approximate surface area is 119 Å². The molecule has 2 heterocycles. The fraction of sp³-hybridized carbons (Fsp3) is 0.438. The lowest BCUT2D eigenvalue weighted by Crippen LogP contribution is -2.06. The number of ether oxygens (including phenoxy) is 1. The lowest BCUT2D eigenvalue weighted by Gasteiger charge is -2.07. The smallest absolute Gasteiger partial charge is 0.122 e. The number of aryl methyl sites for hydroxylation is 3. The zero-order valence-corrected chi connectivity index (χ0v) is 12.1. The SMILES string of the molecule is Cc1nn(CCc2ccc3c(c2)CCO3)c(C)c1CN. The molecule has 4 nitrogen and oxygen atoms in total. The summed E-state index contributed by atoms with van der Waals surface area (Å²) in [6.07, 6.45) is 2.01. The second kappa shape index (κ2) is 5.29. The molecule has 1 aromatic heterocycles. The number of nitrogens with zero attached hydrogens (tertiary/aromatic N) is 2. The Bertz CT molecular complexity index is 631. The Kier molecular flexibility index (Phi) is 3.49. The summed E-state index contributed by atoms with van der Waals surface area (Å²) < 4.78 is 7.61. The summed E-state index contributed by atoms with van der Waals surface area (Å²) >= 11 is 0. The van der Waals surface area contributed by atoms with Crippen LogP contribution in [0.25, 0.3) is 0 Å². The fourth-order valence-electron chi connectivity index (χ4n) is 2.88. The number of hydrogen-bond acceptors (Lipinski definition) is 3. The maximum atomic E-state index is 5.77. The van der Waals surface area contributed by atoms with Gasteiger partial charge in [-0.05, 0) is 37.5 Å². The van der Waals surface area contributed by atoms with E-state index in [9.17, 15) is 0 Å². The first-order chi connectivity index (χ1) is 9.69. The molecule has 0 radical (unpaired) electrons.